The Morgan fingerprint density at radius 1 is 1.45 bits per heavy atom. The number of hydrogen-bond donors (Lipinski definition) is 1. The highest BCUT2D eigenvalue weighted by Crippen LogP contribution is 2.36. The maximum Gasteiger partial charge on any atom is 0.323 e. The molecule has 0 aromatic carbocycles. The van der Waals surface area contributed by atoms with E-state index in [1.807, 2.05) is 6.92 Å². The van der Waals surface area contributed by atoms with Gasteiger partial charge in [0.25, 0.3) is 5.91 Å². The summed E-state index contributed by atoms with van der Waals surface area (Å²) in [7, 11) is 0. The van der Waals surface area contributed by atoms with Gasteiger partial charge in [-0.25, -0.2) is 4.98 Å². The second-order valence-corrected chi connectivity index (χ2v) is 6.02. The molecule has 6 heteroatoms. The molecule has 0 radical (unpaired) electrons. The second kappa shape index (κ2) is 6.83. The fraction of sp³-hybridized carbons (Fsp3) is 0.643. The predicted molar refractivity (Wildman–Crippen MR) is 77.2 cm³/mol. The zero-order valence-electron chi connectivity index (χ0n) is 11.7. The molecule has 1 saturated carbocycles. The number of aromatic nitrogens is 1. The maximum absolute atomic E-state index is 12.5. The maximum atomic E-state index is 12.5. The molecule has 1 aromatic heterocycles. The standard InChI is InChI=1S/C14H20N2O3S/c1-2-7-16(8-11(17)18)14(19)13-12(15-9-20-13)10-5-3-4-6-10/h9-10H,2-8H2,1H3,(H,17,18). The lowest BCUT2D eigenvalue weighted by atomic mass is 10.0. The fourth-order valence-corrected chi connectivity index (χ4v) is 3.58. The van der Waals surface area contributed by atoms with Gasteiger partial charge in [-0.1, -0.05) is 19.8 Å². The molecule has 0 saturated heterocycles. The summed E-state index contributed by atoms with van der Waals surface area (Å²) in [4.78, 5) is 29.8. The Balaban J connectivity index is 2.18. The minimum atomic E-state index is -0.973. The van der Waals surface area contributed by atoms with E-state index in [2.05, 4.69) is 4.98 Å². The number of thiazole rings is 1. The number of carboxylic acids is 1. The molecule has 1 aliphatic carbocycles. The molecule has 20 heavy (non-hydrogen) atoms. The molecule has 2 rings (SSSR count). The molecule has 0 spiro atoms. The summed E-state index contributed by atoms with van der Waals surface area (Å²) >= 11 is 1.33. The molecule has 110 valence electrons. The van der Waals surface area contributed by atoms with Crippen molar-refractivity contribution in [2.45, 2.75) is 44.9 Å². The van der Waals surface area contributed by atoms with E-state index in [0.717, 1.165) is 25.0 Å². The van der Waals surface area contributed by atoms with E-state index in [1.54, 1.807) is 5.51 Å². The van der Waals surface area contributed by atoms with Crippen LogP contribution in [-0.4, -0.2) is 40.0 Å². The molecule has 1 aliphatic rings. The Kier molecular flexibility index (Phi) is 5.11. The van der Waals surface area contributed by atoms with Gasteiger partial charge in [0.2, 0.25) is 0 Å². The second-order valence-electron chi connectivity index (χ2n) is 5.17. The molecule has 1 N–H and O–H groups in total. The molecular formula is C14H20N2O3S. The average molecular weight is 296 g/mol. The Labute approximate surface area is 122 Å². The summed E-state index contributed by atoms with van der Waals surface area (Å²) < 4.78 is 0. The topological polar surface area (TPSA) is 70.5 Å². The normalized spacial score (nSPS) is 15.4. The SMILES string of the molecule is CCCN(CC(=O)O)C(=O)c1scnc1C1CCCC1. The zero-order valence-corrected chi connectivity index (χ0v) is 12.5. The number of hydrogen-bond acceptors (Lipinski definition) is 4. The van der Waals surface area contributed by atoms with E-state index in [-0.39, 0.29) is 12.5 Å². The summed E-state index contributed by atoms with van der Waals surface area (Å²) in [5.41, 5.74) is 2.58. The smallest absolute Gasteiger partial charge is 0.323 e. The van der Waals surface area contributed by atoms with Crippen LogP contribution in [0.15, 0.2) is 5.51 Å². The number of rotatable bonds is 6. The minimum absolute atomic E-state index is 0.182. The summed E-state index contributed by atoms with van der Waals surface area (Å²) in [6.07, 6.45) is 5.28. The van der Waals surface area contributed by atoms with Crippen LogP contribution >= 0.6 is 11.3 Å². The monoisotopic (exact) mass is 296 g/mol. The molecule has 0 unspecified atom stereocenters. The van der Waals surface area contributed by atoms with Crippen molar-refractivity contribution >= 4 is 23.2 Å². The largest absolute Gasteiger partial charge is 0.480 e. The van der Waals surface area contributed by atoms with Gasteiger partial charge in [-0.2, -0.15) is 0 Å². The van der Waals surface area contributed by atoms with Gasteiger partial charge in [0.1, 0.15) is 11.4 Å². The van der Waals surface area contributed by atoms with Crippen LogP contribution in [0.2, 0.25) is 0 Å². The first-order chi connectivity index (χ1) is 9.63. The van der Waals surface area contributed by atoms with Gasteiger partial charge in [0.05, 0.1) is 11.2 Å². The van der Waals surface area contributed by atoms with Gasteiger partial charge in [-0.15, -0.1) is 11.3 Å². The molecule has 1 heterocycles. The highest BCUT2D eigenvalue weighted by Gasteiger charge is 2.28. The van der Waals surface area contributed by atoms with Gasteiger partial charge in [0.15, 0.2) is 0 Å². The van der Waals surface area contributed by atoms with Crippen molar-refractivity contribution in [3.63, 3.8) is 0 Å². The molecule has 1 aromatic rings. The quantitative estimate of drug-likeness (QED) is 0.876. The first kappa shape index (κ1) is 15.0. The summed E-state index contributed by atoms with van der Waals surface area (Å²) in [6.45, 7) is 2.16. The number of carbonyl (C=O) groups is 2. The van der Waals surface area contributed by atoms with Crippen LogP contribution in [0.1, 0.15) is 60.3 Å². The predicted octanol–water partition coefficient (Wildman–Crippen LogP) is 2.74. The van der Waals surface area contributed by atoms with Crippen LogP contribution in [0.3, 0.4) is 0 Å². The van der Waals surface area contributed by atoms with Gasteiger partial charge >= 0.3 is 5.97 Å². The molecule has 0 aliphatic heterocycles. The third-order valence-electron chi connectivity index (χ3n) is 3.64. The summed E-state index contributed by atoms with van der Waals surface area (Å²) in [5.74, 6) is -0.786. The number of nitrogens with zero attached hydrogens (tertiary/aromatic N) is 2. The van der Waals surface area contributed by atoms with Crippen LogP contribution in [0.4, 0.5) is 0 Å². The highest BCUT2D eigenvalue weighted by atomic mass is 32.1. The van der Waals surface area contributed by atoms with Crippen molar-refractivity contribution in [3.8, 4) is 0 Å². The van der Waals surface area contributed by atoms with Crippen LogP contribution in [0.5, 0.6) is 0 Å². The van der Waals surface area contributed by atoms with Crippen molar-refractivity contribution in [1.82, 2.24) is 9.88 Å². The number of carboxylic acid groups (broad SMARTS) is 1. The van der Waals surface area contributed by atoms with Crippen LogP contribution in [0.25, 0.3) is 0 Å². The van der Waals surface area contributed by atoms with Gasteiger partial charge < -0.3 is 10.0 Å². The summed E-state index contributed by atoms with van der Waals surface area (Å²) in [6, 6.07) is 0. The van der Waals surface area contributed by atoms with E-state index in [1.165, 1.54) is 29.1 Å². The Hall–Kier alpha value is -1.43. The van der Waals surface area contributed by atoms with E-state index in [4.69, 9.17) is 5.11 Å². The van der Waals surface area contributed by atoms with E-state index >= 15 is 0 Å². The molecular weight excluding hydrogens is 276 g/mol. The number of amides is 1. The lowest BCUT2D eigenvalue weighted by molar-refractivity contribution is -0.137. The lowest BCUT2D eigenvalue weighted by Crippen LogP contribution is -2.36. The van der Waals surface area contributed by atoms with Crippen LogP contribution < -0.4 is 0 Å². The van der Waals surface area contributed by atoms with Crippen molar-refractivity contribution in [2.24, 2.45) is 0 Å². The highest BCUT2D eigenvalue weighted by molar-refractivity contribution is 7.11. The van der Waals surface area contributed by atoms with Gasteiger partial charge in [-0.3, -0.25) is 9.59 Å². The number of carbonyl (C=O) groups excluding carboxylic acids is 1. The first-order valence-corrected chi connectivity index (χ1v) is 7.96. The van der Waals surface area contributed by atoms with Crippen molar-refractivity contribution in [2.75, 3.05) is 13.1 Å². The molecule has 1 amide bonds. The fourth-order valence-electron chi connectivity index (χ4n) is 2.73. The van der Waals surface area contributed by atoms with E-state index < -0.39 is 5.97 Å². The molecule has 0 atom stereocenters. The van der Waals surface area contributed by atoms with Crippen LogP contribution in [-0.2, 0) is 4.79 Å². The lowest BCUT2D eigenvalue weighted by Gasteiger charge is -2.20. The molecule has 5 nitrogen and oxygen atoms in total. The molecule has 1 fully saturated rings. The third-order valence-corrected chi connectivity index (χ3v) is 4.47. The van der Waals surface area contributed by atoms with E-state index in [0.29, 0.717) is 17.3 Å². The van der Waals surface area contributed by atoms with Crippen LogP contribution in [0, 0.1) is 0 Å². The van der Waals surface area contributed by atoms with Crippen molar-refractivity contribution in [1.29, 1.82) is 0 Å². The Morgan fingerprint density at radius 3 is 2.75 bits per heavy atom. The van der Waals surface area contributed by atoms with Crippen molar-refractivity contribution in [3.05, 3.63) is 16.1 Å². The zero-order chi connectivity index (χ0) is 14.5. The average Bonchev–Trinajstić information content (AvgIpc) is 3.07. The first-order valence-electron chi connectivity index (χ1n) is 7.08. The minimum Gasteiger partial charge on any atom is -0.480 e. The van der Waals surface area contributed by atoms with E-state index in [9.17, 15) is 9.59 Å². The number of aliphatic carboxylic acids is 1. The third kappa shape index (κ3) is 3.36. The Morgan fingerprint density at radius 2 is 2.15 bits per heavy atom. The summed E-state index contributed by atoms with van der Waals surface area (Å²) in [5, 5.41) is 8.93. The van der Waals surface area contributed by atoms with Gasteiger partial charge in [0, 0.05) is 12.5 Å². The van der Waals surface area contributed by atoms with Crippen molar-refractivity contribution < 1.29 is 14.7 Å². The van der Waals surface area contributed by atoms with Gasteiger partial charge in [-0.05, 0) is 19.3 Å². The Bertz CT molecular complexity index is 481. The molecule has 0 bridgehead atoms.